The quantitative estimate of drug-likeness (QED) is 0.844. The van der Waals surface area contributed by atoms with E-state index >= 15 is 0 Å². The Kier molecular flexibility index (Phi) is 3.29. The second-order valence-corrected chi connectivity index (χ2v) is 5.54. The zero-order valence-electron chi connectivity index (χ0n) is 10.5. The molecule has 0 saturated carbocycles. The van der Waals surface area contributed by atoms with Crippen LogP contribution in [0, 0.1) is 5.92 Å². The van der Waals surface area contributed by atoms with Gasteiger partial charge in [-0.15, -0.1) is 0 Å². The maximum atomic E-state index is 4.11. The van der Waals surface area contributed by atoms with Crippen molar-refractivity contribution in [2.24, 2.45) is 5.92 Å². The van der Waals surface area contributed by atoms with Gasteiger partial charge in [-0.2, -0.15) is 0 Å². The molecule has 0 radical (unpaired) electrons. The van der Waals surface area contributed by atoms with Crippen molar-refractivity contribution in [2.45, 2.75) is 45.1 Å². The average molecular weight is 218 g/mol. The van der Waals surface area contributed by atoms with Crippen LogP contribution in [0.1, 0.15) is 39.2 Å². The van der Waals surface area contributed by atoms with E-state index in [4.69, 9.17) is 0 Å². The van der Waals surface area contributed by atoms with Crippen molar-refractivity contribution in [1.29, 1.82) is 0 Å². The molecule has 2 nitrogen and oxygen atoms in total. The van der Waals surface area contributed by atoms with E-state index < -0.39 is 0 Å². The average Bonchev–Trinajstić information content (AvgIpc) is 2.62. The van der Waals surface area contributed by atoms with Gasteiger partial charge in [0.2, 0.25) is 0 Å². The molecule has 1 saturated heterocycles. The number of nitrogens with one attached hydrogen (secondary N) is 1. The molecule has 2 rings (SSSR count). The summed E-state index contributed by atoms with van der Waals surface area (Å²) < 4.78 is 0. The number of hydrogen-bond donors (Lipinski definition) is 1. The van der Waals surface area contributed by atoms with Crippen LogP contribution in [0.2, 0.25) is 0 Å². The first-order chi connectivity index (χ1) is 7.63. The van der Waals surface area contributed by atoms with E-state index in [9.17, 15) is 0 Å². The van der Waals surface area contributed by atoms with Gasteiger partial charge in [0, 0.05) is 23.9 Å². The molecule has 0 aliphatic carbocycles. The molecule has 0 bridgehead atoms. The summed E-state index contributed by atoms with van der Waals surface area (Å²) in [4.78, 5) is 4.11. The zero-order chi connectivity index (χ0) is 11.6. The first-order valence-electron chi connectivity index (χ1n) is 6.27. The molecule has 0 spiro atoms. The Bertz CT molecular complexity index is 334. The van der Waals surface area contributed by atoms with Crippen LogP contribution in [-0.4, -0.2) is 17.6 Å². The highest BCUT2D eigenvalue weighted by atomic mass is 15.0. The summed E-state index contributed by atoms with van der Waals surface area (Å²) in [6, 6.07) is 4.94. The summed E-state index contributed by atoms with van der Waals surface area (Å²) in [7, 11) is 0. The summed E-state index contributed by atoms with van der Waals surface area (Å²) in [5, 5.41) is 3.66. The van der Waals surface area contributed by atoms with Gasteiger partial charge in [0.25, 0.3) is 0 Å². The molecule has 2 atom stereocenters. The lowest BCUT2D eigenvalue weighted by atomic mass is 9.74. The van der Waals surface area contributed by atoms with Crippen LogP contribution >= 0.6 is 0 Å². The Hall–Kier alpha value is -0.890. The molecule has 2 unspecified atom stereocenters. The molecule has 2 heteroatoms. The molecule has 1 aromatic heterocycles. The van der Waals surface area contributed by atoms with Crippen LogP contribution in [0.15, 0.2) is 24.5 Å². The Balaban J connectivity index is 2.23. The summed E-state index contributed by atoms with van der Waals surface area (Å²) in [5.74, 6) is 0.747. The van der Waals surface area contributed by atoms with Gasteiger partial charge >= 0.3 is 0 Å². The molecule has 88 valence electrons. The number of pyridine rings is 1. The van der Waals surface area contributed by atoms with Gasteiger partial charge in [-0.3, -0.25) is 4.98 Å². The van der Waals surface area contributed by atoms with Gasteiger partial charge in [-0.1, -0.05) is 20.8 Å². The lowest BCUT2D eigenvalue weighted by Gasteiger charge is -2.32. The van der Waals surface area contributed by atoms with Gasteiger partial charge in [0.1, 0.15) is 0 Å². The minimum Gasteiger partial charge on any atom is -0.313 e. The summed E-state index contributed by atoms with van der Waals surface area (Å²) in [6.45, 7) is 8.12. The van der Waals surface area contributed by atoms with Crippen LogP contribution in [0.5, 0.6) is 0 Å². The number of hydrogen-bond acceptors (Lipinski definition) is 2. The third-order valence-corrected chi connectivity index (χ3v) is 3.85. The summed E-state index contributed by atoms with van der Waals surface area (Å²) in [6.07, 6.45) is 6.30. The zero-order valence-corrected chi connectivity index (χ0v) is 10.5. The van der Waals surface area contributed by atoms with E-state index in [1.807, 2.05) is 12.4 Å². The smallest absolute Gasteiger partial charge is 0.0270 e. The molecule has 1 aliphatic rings. The summed E-state index contributed by atoms with van der Waals surface area (Å²) >= 11 is 0. The van der Waals surface area contributed by atoms with Crippen molar-refractivity contribution in [3.05, 3.63) is 30.1 Å². The van der Waals surface area contributed by atoms with Crippen LogP contribution in [0.25, 0.3) is 0 Å². The molecule has 0 aromatic carbocycles. The summed E-state index contributed by atoms with van der Waals surface area (Å²) in [5.41, 5.74) is 1.71. The third kappa shape index (κ3) is 2.12. The lowest BCUT2D eigenvalue weighted by Crippen LogP contribution is -2.39. The van der Waals surface area contributed by atoms with Crippen LogP contribution < -0.4 is 5.32 Å². The van der Waals surface area contributed by atoms with Crippen LogP contribution in [0.4, 0.5) is 0 Å². The standard InChI is InChI=1S/C14H22N2/c1-11(2)10-13-14(3,6-9-16-13)12-4-7-15-8-5-12/h4-5,7-8,11,13,16H,6,9-10H2,1-3H3. The second-order valence-electron chi connectivity index (χ2n) is 5.54. The fourth-order valence-corrected chi connectivity index (χ4v) is 2.80. The fourth-order valence-electron chi connectivity index (χ4n) is 2.80. The fraction of sp³-hybridized carbons (Fsp3) is 0.643. The van der Waals surface area contributed by atoms with E-state index in [2.05, 4.69) is 43.2 Å². The van der Waals surface area contributed by atoms with Crippen molar-refractivity contribution in [2.75, 3.05) is 6.54 Å². The Morgan fingerprint density at radius 1 is 1.44 bits per heavy atom. The van der Waals surface area contributed by atoms with Crippen molar-refractivity contribution in [3.63, 3.8) is 0 Å². The first kappa shape index (κ1) is 11.6. The molecular weight excluding hydrogens is 196 g/mol. The van der Waals surface area contributed by atoms with Crippen molar-refractivity contribution in [3.8, 4) is 0 Å². The SMILES string of the molecule is CC(C)CC1NCCC1(C)c1ccncc1. The van der Waals surface area contributed by atoms with Crippen LogP contribution in [0.3, 0.4) is 0 Å². The first-order valence-corrected chi connectivity index (χ1v) is 6.27. The van der Waals surface area contributed by atoms with E-state index in [0.29, 0.717) is 6.04 Å². The number of aromatic nitrogens is 1. The largest absolute Gasteiger partial charge is 0.313 e. The van der Waals surface area contributed by atoms with Gasteiger partial charge in [0.05, 0.1) is 0 Å². The highest BCUT2D eigenvalue weighted by molar-refractivity contribution is 5.26. The predicted molar refractivity (Wildman–Crippen MR) is 67.5 cm³/mol. The van der Waals surface area contributed by atoms with Gasteiger partial charge in [-0.05, 0) is 43.0 Å². The van der Waals surface area contributed by atoms with E-state index in [-0.39, 0.29) is 5.41 Å². The van der Waals surface area contributed by atoms with Crippen molar-refractivity contribution >= 4 is 0 Å². The Morgan fingerprint density at radius 3 is 2.75 bits per heavy atom. The maximum Gasteiger partial charge on any atom is 0.0270 e. The van der Waals surface area contributed by atoms with Crippen molar-refractivity contribution in [1.82, 2.24) is 10.3 Å². The Morgan fingerprint density at radius 2 is 2.12 bits per heavy atom. The predicted octanol–water partition coefficient (Wildman–Crippen LogP) is 2.75. The molecule has 0 amide bonds. The molecule has 1 aliphatic heterocycles. The number of nitrogens with zero attached hydrogens (tertiary/aromatic N) is 1. The lowest BCUT2D eigenvalue weighted by molar-refractivity contribution is 0.344. The molecular formula is C14H22N2. The second kappa shape index (κ2) is 4.54. The maximum absolute atomic E-state index is 4.11. The monoisotopic (exact) mass is 218 g/mol. The van der Waals surface area contributed by atoms with Crippen LogP contribution in [-0.2, 0) is 5.41 Å². The minimum atomic E-state index is 0.285. The topological polar surface area (TPSA) is 24.9 Å². The third-order valence-electron chi connectivity index (χ3n) is 3.85. The molecule has 1 fully saturated rings. The molecule has 1 N–H and O–H groups in total. The highest BCUT2D eigenvalue weighted by Gasteiger charge is 2.39. The normalized spacial score (nSPS) is 29.9. The van der Waals surface area contributed by atoms with Gasteiger partial charge in [0.15, 0.2) is 0 Å². The number of rotatable bonds is 3. The highest BCUT2D eigenvalue weighted by Crippen LogP contribution is 2.37. The minimum absolute atomic E-state index is 0.285. The Labute approximate surface area is 98.5 Å². The van der Waals surface area contributed by atoms with Crippen molar-refractivity contribution < 1.29 is 0 Å². The molecule has 16 heavy (non-hydrogen) atoms. The van der Waals surface area contributed by atoms with E-state index in [1.165, 1.54) is 18.4 Å². The van der Waals surface area contributed by atoms with E-state index in [0.717, 1.165) is 12.5 Å². The van der Waals surface area contributed by atoms with E-state index in [1.54, 1.807) is 0 Å². The van der Waals surface area contributed by atoms with Gasteiger partial charge in [-0.25, -0.2) is 0 Å². The molecule has 1 aromatic rings. The van der Waals surface area contributed by atoms with Gasteiger partial charge < -0.3 is 5.32 Å². The molecule has 2 heterocycles.